The van der Waals surface area contributed by atoms with E-state index in [1.165, 1.54) is 13.2 Å². The highest BCUT2D eigenvalue weighted by atomic mass is 32.2. The summed E-state index contributed by atoms with van der Waals surface area (Å²) >= 11 is 0.930. The minimum Gasteiger partial charge on any atom is -0.493 e. The number of ether oxygens (including phenoxy) is 2. The van der Waals surface area contributed by atoms with Crippen LogP contribution >= 0.6 is 11.8 Å². The van der Waals surface area contributed by atoms with Crippen LogP contribution in [0.1, 0.15) is 5.56 Å². The van der Waals surface area contributed by atoms with Crippen molar-refractivity contribution in [1.82, 2.24) is 5.32 Å². The molecule has 1 aliphatic heterocycles. The van der Waals surface area contributed by atoms with Gasteiger partial charge in [0.15, 0.2) is 16.7 Å². The van der Waals surface area contributed by atoms with Crippen LogP contribution in [0.2, 0.25) is 0 Å². The Morgan fingerprint density at radius 2 is 2.18 bits per heavy atom. The first kappa shape index (κ1) is 15.9. The Balaban J connectivity index is 2.21. The predicted molar refractivity (Wildman–Crippen MR) is 86.0 cm³/mol. The summed E-state index contributed by atoms with van der Waals surface area (Å²) < 4.78 is 10.4. The molecule has 0 bridgehead atoms. The lowest BCUT2D eigenvalue weighted by Crippen LogP contribution is -2.17. The van der Waals surface area contributed by atoms with Crippen molar-refractivity contribution in [3.05, 3.63) is 29.3 Å². The maximum Gasteiger partial charge on any atom is 0.237 e. The topological polar surface area (TPSA) is 83.7 Å². The number of carbonyl (C=O) groups is 1. The van der Waals surface area contributed by atoms with Crippen LogP contribution in [0, 0.1) is 11.3 Å². The number of thioether (sulfide) groups is 1. The van der Waals surface area contributed by atoms with E-state index in [9.17, 15) is 10.1 Å². The van der Waals surface area contributed by atoms with E-state index in [4.69, 9.17) is 9.47 Å². The van der Waals surface area contributed by atoms with Crippen LogP contribution in [-0.2, 0) is 4.79 Å². The normalized spacial score (nSPS) is 13.9. The molecule has 0 amide bonds. The number of aliphatic imine (C=N–C) groups is 1. The lowest BCUT2D eigenvalue weighted by molar-refractivity contribution is -0.107. The van der Waals surface area contributed by atoms with Gasteiger partial charge in [-0.05, 0) is 35.5 Å². The number of methoxy groups -OCH3 is 2. The smallest absolute Gasteiger partial charge is 0.237 e. The molecule has 0 saturated heterocycles. The number of nitriles is 1. The molecule has 0 fully saturated rings. The second kappa shape index (κ2) is 7.52. The van der Waals surface area contributed by atoms with Crippen molar-refractivity contribution >= 4 is 28.1 Å². The molecule has 0 spiro atoms. The lowest BCUT2D eigenvalue weighted by Gasteiger charge is -2.08. The molecule has 22 heavy (non-hydrogen) atoms. The van der Waals surface area contributed by atoms with Crippen LogP contribution in [0.15, 0.2) is 28.8 Å². The zero-order valence-electron chi connectivity index (χ0n) is 12.3. The number of hydrogen-bond acceptors (Lipinski definition) is 7. The SMILES string of the molecule is COc1ccc(/C=C(\C#N)C(=O)SC2=NCCN2)cc1OC. The van der Waals surface area contributed by atoms with Gasteiger partial charge in [-0.15, -0.1) is 0 Å². The Morgan fingerprint density at radius 1 is 1.41 bits per heavy atom. The van der Waals surface area contributed by atoms with Gasteiger partial charge in [-0.1, -0.05) is 6.07 Å². The number of hydrogen-bond donors (Lipinski definition) is 1. The van der Waals surface area contributed by atoms with Crippen molar-refractivity contribution in [3.63, 3.8) is 0 Å². The molecule has 2 rings (SSSR count). The molecule has 0 atom stereocenters. The first-order valence-electron chi connectivity index (χ1n) is 6.52. The van der Waals surface area contributed by atoms with E-state index in [1.54, 1.807) is 25.3 Å². The van der Waals surface area contributed by atoms with Gasteiger partial charge in [0, 0.05) is 6.54 Å². The van der Waals surface area contributed by atoms with E-state index < -0.39 is 0 Å². The van der Waals surface area contributed by atoms with Gasteiger partial charge in [0.25, 0.3) is 0 Å². The number of nitrogens with zero attached hydrogens (tertiary/aromatic N) is 2. The number of nitrogens with one attached hydrogen (secondary N) is 1. The van der Waals surface area contributed by atoms with Crippen molar-refractivity contribution in [2.24, 2.45) is 4.99 Å². The zero-order valence-corrected chi connectivity index (χ0v) is 13.1. The minimum absolute atomic E-state index is 0.0496. The van der Waals surface area contributed by atoms with Gasteiger partial charge < -0.3 is 14.8 Å². The summed E-state index contributed by atoms with van der Waals surface area (Å²) in [5.41, 5.74) is 0.734. The Kier molecular flexibility index (Phi) is 5.44. The first-order valence-corrected chi connectivity index (χ1v) is 7.34. The molecule has 1 N–H and O–H groups in total. The van der Waals surface area contributed by atoms with E-state index in [0.29, 0.717) is 28.8 Å². The fourth-order valence-corrected chi connectivity index (χ4v) is 2.55. The van der Waals surface area contributed by atoms with Crippen LogP contribution in [0.4, 0.5) is 0 Å². The largest absolute Gasteiger partial charge is 0.493 e. The van der Waals surface area contributed by atoms with Crippen LogP contribution in [-0.4, -0.2) is 37.6 Å². The molecule has 0 aliphatic carbocycles. The molecule has 0 aromatic heterocycles. The average Bonchev–Trinajstić information content (AvgIpc) is 3.05. The van der Waals surface area contributed by atoms with Crippen molar-refractivity contribution in [3.8, 4) is 17.6 Å². The van der Waals surface area contributed by atoms with Crippen molar-refractivity contribution in [1.29, 1.82) is 5.26 Å². The summed E-state index contributed by atoms with van der Waals surface area (Å²) in [5, 5.41) is 12.4. The molecule has 1 aliphatic rings. The molecule has 0 saturated carbocycles. The molecule has 7 heteroatoms. The van der Waals surface area contributed by atoms with Gasteiger partial charge in [-0.25, -0.2) is 0 Å². The van der Waals surface area contributed by atoms with Gasteiger partial charge in [0.2, 0.25) is 5.12 Å². The Morgan fingerprint density at radius 3 is 2.77 bits per heavy atom. The van der Waals surface area contributed by atoms with Crippen molar-refractivity contribution in [2.45, 2.75) is 0 Å². The van der Waals surface area contributed by atoms with Gasteiger partial charge in [0.05, 0.1) is 20.8 Å². The van der Waals surface area contributed by atoms with Crippen molar-refractivity contribution < 1.29 is 14.3 Å². The molecule has 1 aromatic rings. The zero-order chi connectivity index (χ0) is 15.9. The third-order valence-corrected chi connectivity index (χ3v) is 3.76. The van der Waals surface area contributed by atoms with E-state index in [-0.39, 0.29) is 10.7 Å². The van der Waals surface area contributed by atoms with E-state index in [0.717, 1.165) is 18.3 Å². The summed E-state index contributed by atoms with van der Waals surface area (Å²) in [6, 6.07) is 7.11. The summed E-state index contributed by atoms with van der Waals surface area (Å²) in [6.07, 6.45) is 1.52. The van der Waals surface area contributed by atoms with Crippen LogP contribution in [0.5, 0.6) is 11.5 Å². The molecule has 1 aromatic carbocycles. The Labute approximate surface area is 132 Å². The Bertz CT molecular complexity index is 677. The minimum atomic E-state index is -0.342. The third-order valence-electron chi connectivity index (χ3n) is 2.89. The van der Waals surface area contributed by atoms with Gasteiger partial charge in [0.1, 0.15) is 11.6 Å². The number of amidine groups is 1. The maximum absolute atomic E-state index is 12.1. The summed E-state index contributed by atoms with van der Waals surface area (Å²) in [5.74, 6) is 1.12. The number of carbonyl (C=O) groups excluding carboxylic acids is 1. The number of benzene rings is 1. The average molecular weight is 317 g/mol. The second-order valence-electron chi connectivity index (χ2n) is 4.29. The highest BCUT2D eigenvalue weighted by Crippen LogP contribution is 2.28. The second-order valence-corrected chi connectivity index (χ2v) is 5.25. The van der Waals surface area contributed by atoms with E-state index in [2.05, 4.69) is 10.3 Å². The van der Waals surface area contributed by atoms with Crippen LogP contribution < -0.4 is 14.8 Å². The predicted octanol–water partition coefficient (Wildman–Crippen LogP) is 1.83. The molecular formula is C15H15N3O3S. The molecule has 114 valence electrons. The highest BCUT2D eigenvalue weighted by Gasteiger charge is 2.16. The highest BCUT2D eigenvalue weighted by molar-refractivity contribution is 8.26. The third kappa shape index (κ3) is 3.80. The van der Waals surface area contributed by atoms with Crippen LogP contribution in [0.25, 0.3) is 6.08 Å². The summed E-state index contributed by atoms with van der Waals surface area (Å²) in [6.45, 7) is 1.37. The standard InChI is InChI=1S/C15H15N3O3S/c1-20-12-4-3-10(8-13(12)21-2)7-11(9-16)14(19)22-15-17-5-6-18-15/h3-4,7-8H,5-6H2,1-2H3,(H,17,18)/b11-7+. The Hall–Kier alpha value is -2.46. The molecule has 1 heterocycles. The number of rotatable bonds is 4. The van der Waals surface area contributed by atoms with Gasteiger partial charge >= 0.3 is 0 Å². The van der Waals surface area contributed by atoms with Gasteiger partial charge in [-0.2, -0.15) is 5.26 Å². The van der Waals surface area contributed by atoms with Gasteiger partial charge in [-0.3, -0.25) is 9.79 Å². The maximum atomic E-state index is 12.1. The fraction of sp³-hybridized carbons (Fsp3) is 0.267. The van der Waals surface area contributed by atoms with Crippen LogP contribution in [0.3, 0.4) is 0 Å². The lowest BCUT2D eigenvalue weighted by atomic mass is 10.1. The molecule has 0 unspecified atom stereocenters. The molecule has 0 radical (unpaired) electrons. The van der Waals surface area contributed by atoms with Crippen molar-refractivity contribution in [2.75, 3.05) is 27.3 Å². The van der Waals surface area contributed by atoms with E-state index in [1.807, 2.05) is 6.07 Å². The summed E-state index contributed by atoms with van der Waals surface area (Å²) in [7, 11) is 3.07. The monoisotopic (exact) mass is 317 g/mol. The summed E-state index contributed by atoms with van der Waals surface area (Å²) in [4.78, 5) is 16.2. The van der Waals surface area contributed by atoms with E-state index >= 15 is 0 Å². The fourth-order valence-electron chi connectivity index (χ4n) is 1.83. The molecular weight excluding hydrogens is 302 g/mol. The quantitative estimate of drug-likeness (QED) is 0.674. The first-order chi connectivity index (χ1) is 10.7. The molecule has 6 nitrogen and oxygen atoms in total.